The van der Waals surface area contributed by atoms with Gasteiger partial charge in [0.15, 0.2) is 0 Å². The number of alkyl halides is 3. The maximum atomic E-state index is 13.2. The Morgan fingerprint density at radius 1 is 1.05 bits per heavy atom. The zero-order valence-corrected chi connectivity index (χ0v) is 20.9. The average Bonchev–Trinajstić information content (AvgIpc) is 3.33. The standard InChI is InChI=1S/C25H25F3N6O4/c1-24(36,25(26,27)28)23(35)30-14-34(17-7-18(37-3)10-19(8-17)38-4)16-5-6-20-21(9-16)32-22(12-29-20)15-11-31-33(2)13-15/h5-13,36H,14H2,1-4H3,(H,30,35). The fraction of sp³-hybridized carbons (Fsp3) is 0.280. The first-order valence-corrected chi connectivity index (χ1v) is 11.3. The third-order valence-corrected chi connectivity index (χ3v) is 5.88. The highest BCUT2D eigenvalue weighted by Gasteiger charge is 2.55. The summed E-state index contributed by atoms with van der Waals surface area (Å²) in [4.78, 5) is 23.0. The van der Waals surface area contributed by atoms with E-state index < -0.39 is 24.4 Å². The third kappa shape index (κ3) is 5.32. The van der Waals surface area contributed by atoms with Crippen LogP contribution in [-0.2, 0) is 11.8 Å². The first-order chi connectivity index (χ1) is 17.9. The number of amides is 1. The molecule has 200 valence electrons. The van der Waals surface area contributed by atoms with Crippen molar-refractivity contribution >= 4 is 28.3 Å². The molecule has 0 saturated carbocycles. The lowest BCUT2D eigenvalue weighted by Crippen LogP contribution is -2.56. The van der Waals surface area contributed by atoms with Crippen LogP contribution in [0.3, 0.4) is 0 Å². The zero-order valence-electron chi connectivity index (χ0n) is 20.9. The van der Waals surface area contributed by atoms with Crippen molar-refractivity contribution in [3.05, 3.63) is 55.0 Å². The number of aryl methyl sites for hydroxylation is 1. The maximum Gasteiger partial charge on any atom is 0.426 e. The third-order valence-electron chi connectivity index (χ3n) is 5.88. The molecule has 4 rings (SSSR count). The number of aliphatic hydroxyl groups is 1. The number of hydrogen-bond donors (Lipinski definition) is 2. The van der Waals surface area contributed by atoms with Gasteiger partial charge < -0.3 is 24.8 Å². The van der Waals surface area contributed by atoms with E-state index in [4.69, 9.17) is 9.47 Å². The van der Waals surface area contributed by atoms with E-state index in [2.05, 4.69) is 20.4 Å². The second-order valence-corrected chi connectivity index (χ2v) is 8.56. The number of anilines is 2. The number of carbonyl (C=O) groups excluding carboxylic acids is 1. The molecular weight excluding hydrogens is 505 g/mol. The van der Waals surface area contributed by atoms with Gasteiger partial charge in [-0.1, -0.05) is 0 Å². The first kappa shape index (κ1) is 26.7. The van der Waals surface area contributed by atoms with Crippen molar-refractivity contribution in [3.63, 3.8) is 0 Å². The molecule has 0 fully saturated rings. The van der Waals surface area contributed by atoms with Gasteiger partial charge in [0, 0.05) is 42.7 Å². The largest absolute Gasteiger partial charge is 0.497 e. The van der Waals surface area contributed by atoms with Crippen molar-refractivity contribution in [1.82, 2.24) is 25.1 Å². The lowest BCUT2D eigenvalue weighted by molar-refractivity contribution is -0.245. The number of hydrogen-bond acceptors (Lipinski definition) is 8. The lowest BCUT2D eigenvalue weighted by Gasteiger charge is -2.29. The van der Waals surface area contributed by atoms with Gasteiger partial charge in [-0.3, -0.25) is 14.5 Å². The summed E-state index contributed by atoms with van der Waals surface area (Å²) in [6.07, 6.45) is -0.112. The molecule has 0 radical (unpaired) electrons. The summed E-state index contributed by atoms with van der Waals surface area (Å²) in [5.41, 5.74) is -0.277. The minimum atomic E-state index is -5.16. The second-order valence-electron chi connectivity index (χ2n) is 8.56. The Morgan fingerprint density at radius 3 is 2.32 bits per heavy atom. The molecule has 0 bridgehead atoms. The Labute approximate surface area is 215 Å². The summed E-state index contributed by atoms with van der Waals surface area (Å²) in [7, 11) is 4.69. The van der Waals surface area contributed by atoms with Crippen LogP contribution in [0.25, 0.3) is 22.3 Å². The molecule has 0 aliphatic rings. The van der Waals surface area contributed by atoms with Gasteiger partial charge in [-0.15, -0.1) is 0 Å². The quantitative estimate of drug-likeness (QED) is 0.333. The fourth-order valence-corrected chi connectivity index (χ4v) is 3.59. The summed E-state index contributed by atoms with van der Waals surface area (Å²) < 4.78 is 52.0. The van der Waals surface area contributed by atoms with Crippen molar-refractivity contribution in [1.29, 1.82) is 0 Å². The van der Waals surface area contributed by atoms with Gasteiger partial charge in [0.2, 0.25) is 5.60 Å². The second kappa shape index (κ2) is 10.2. The summed E-state index contributed by atoms with van der Waals surface area (Å²) in [5.74, 6) is -0.779. The highest BCUT2D eigenvalue weighted by molar-refractivity contribution is 5.87. The number of nitrogens with one attached hydrogen (secondary N) is 1. The predicted octanol–water partition coefficient (Wildman–Crippen LogP) is 3.57. The van der Waals surface area contributed by atoms with Crippen molar-refractivity contribution in [2.75, 3.05) is 25.8 Å². The van der Waals surface area contributed by atoms with Crippen molar-refractivity contribution in [2.24, 2.45) is 7.05 Å². The van der Waals surface area contributed by atoms with Crippen LogP contribution in [0.2, 0.25) is 0 Å². The van der Waals surface area contributed by atoms with Crippen LogP contribution in [0, 0.1) is 0 Å². The van der Waals surface area contributed by atoms with Crippen LogP contribution in [0.1, 0.15) is 6.92 Å². The maximum absolute atomic E-state index is 13.2. The highest BCUT2D eigenvalue weighted by Crippen LogP contribution is 2.34. The predicted molar refractivity (Wildman–Crippen MR) is 133 cm³/mol. The van der Waals surface area contributed by atoms with Crippen molar-refractivity contribution in [2.45, 2.75) is 18.7 Å². The zero-order chi connectivity index (χ0) is 27.7. The van der Waals surface area contributed by atoms with E-state index in [9.17, 15) is 23.1 Å². The number of fused-ring (bicyclic) bond motifs is 1. The van der Waals surface area contributed by atoms with Crippen LogP contribution >= 0.6 is 0 Å². The van der Waals surface area contributed by atoms with E-state index in [-0.39, 0.29) is 0 Å². The summed E-state index contributed by atoms with van der Waals surface area (Å²) in [6.45, 7) is -0.0323. The van der Waals surface area contributed by atoms with E-state index in [0.29, 0.717) is 46.5 Å². The van der Waals surface area contributed by atoms with E-state index in [1.807, 2.05) is 0 Å². The van der Waals surface area contributed by atoms with Crippen LogP contribution in [0.4, 0.5) is 24.5 Å². The monoisotopic (exact) mass is 530 g/mol. The molecule has 4 aromatic rings. The van der Waals surface area contributed by atoms with Crippen molar-refractivity contribution in [3.8, 4) is 22.8 Å². The summed E-state index contributed by atoms with van der Waals surface area (Å²) >= 11 is 0. The Morgan fingerprint density at radius 2 is 1.74 bits per heavy atom. The lowest BCUT2D eigenvalue weighted by atomic mass is 10.1. The van der Waals surface area contributed by atoms with Gasteiger partial charge in [-0.05, 0) is 25.1 Å². The molecule has 2 heterocycles. The van der Waals surface area contributed by atoms with Crippen LogP contribution in [0.5, 0.6) is 11.5 Å². The van der Waals surface area contributed by atoms with E-state index in [1.165, 1.54) is 19.1 Å². The van der Waals surface area contributed by atoms with E-state index in [0.717, 1.165) is 5.56 Å². The van der Waals surface area contributed by atoms with Gasteiger partial charge in [-0.25, -0.2) is 4.98 Å². The molecule has 10 nitrogen and oxygen atoms in total. The molecule has 0 aliphatic carbocycles. The molecule has 2 aromatic heterocycles. The fourth-order valence-electron chi connectivity index (χ4n) is 3.59. The SMILES string of the molecule is COc1cc(OC)cc(N(CNC(=O)C(C)(O)C(F)(F)F)c2ccc3ncc(-c4cnn(C)c4)nc3c2)c1. The minimum absolute atomic E-state index is 0.396. The Bertz CT molecular complexity index is 1450. The van der Waals surface area contributed by atoms with Crippen LogP contribution in [0.15, 0.2) is 55.0 Å². The molecule has 1 atom stereocenters. The Hall–Kier alpha value is -4.39. The van der Waals surface area contributed by atoms with E-state index >= 15 is 0 Å². The van der Waals surface area contributed by atoms with Crippen LogP contribution in [-0.4, -0.2) is 63.4 Å². The molecule has 0 saturated heterocycles. The minimum Gasteiger partial charge on any atom is -0.497 e. The van der Waals surface area contributed by atoms with E-state index in [1.54, 1.807) is 66.7 Å². The number of benzene rings is 2. The van der Waals surface area contributed by atoms with Gasteiger partial charge in [0.05, 0.1) is 55.7 Å². The molecule has 2 aromatic carbocycles. The topological polar surface area (TPSA) is 115 Å². The average molecular weight is 531 g/mol. The Kier molecular flexibility index (Phi) is 7.14. The molecular formula is C25H25F3N6O4. The summed E-state index contributed by atoms with van der Waals surface area (Å²) in [6, 6.07) is 9.93. The van der Waals surface area contributed by atoms with Crippen molar-refractivity contribution < 1.29 is 32.5 Å². The van der Waals surface area contributed by atoms with Crippen LogP contribution < -0.4 is 19.7 Å². The molecule has 38 heavy (non-hydrogen) atoms. The molecule has 0 aliphatic heterocycles. The van der Waals surface area contributed by atoms with Gasteiger partial charge >= 0.3 is 6.18 Å². The number of ether oxygens (including phenoxy) is 2. The van der Waals surface area contributed by atoms with Gasteiger partial charge in [0.1, 0.15) is 11.5 Å². The molecule has 1 amide bonds. The smallest absolute Gasteiger partial charge is 0.426 e. The number of aromatic nitrogens is 4. The number of nitrogens with zero attached hydrogens (tertiary/aromatic N) is 5. The number of rotatable bonds is 8. The summed E-state index contributed by atoms with van der Waals surface area (Å²) in [5, 5.41) is 16.1. The van der Waals surface area contributed by atoms with Gasteiger partial charge in [-0.2, -0.15) is 18.3 Å². The number of methoxy groups -OCH3 is 2. The molecule has 1 unspecified atom stereocenters. The molecule has 0 spiro atoms. The number of halogens is 3. The van der Waals surface area contributed by atoms with Gasteiger partial charge in [0.25, 0.3) is 5.91 Å². The normalized spacial score (nSPS) is 13.2. The Balaban J connectivity index is 1.77. The number of carbonyl (C=O) groups is 1. The highest BCUT2D eigenvalue weighted by atomic mass is 19.4. The molecule has 13 heteroatoms. The first-order valence-electron chi connectivity index (χ1n) is 11.3. The molecule has 2 N–H and O–H groups in total.